The summed E-state index contributed by atoms with van der Waals surface area (Å²) in [4.78, 5) is 0. The van der Waals surface area contributed by atoms with Gasteiger partial charge in [0.2, 0.25) is 0 Å². The van der Waals surface area contributed by atoms with Crippen molar-refractivity contribution < 1.29 is 5.11 Å². The maximum atomic E-state index is 10.6. The number of phenolic OH excluding ortho intramolecular Hbond substituents is 1. The molecule has 0 aliphatic heterocycles. The molecule has 0 aliphatic rings. The molecule has 1 aromatic rings. The Kier molecular flexibility index (Phi) is 16.0. The molecule has 0 aromatic heterocycles. The minimum Gasteiger partial charge on any atom is -0.508 e. The summed E-state index contributed by atoms with van der Waals surface area (Å²) in [6.07, 6.45) is 22.8. The predicted octanol–water partition coefficient (Wildman–Crippen LogP) is 9.78. The van der Waals surface area contributed by atoms with E-state index in [1.165, 1.54) is 115 Å². The van der Waals surface area contributed by atoms with Gasteiger partial charge in [-0.05, 0) is 42.7 Å². The highest BCUT2D eigenvalue weighted by molar-refractivity contribution is 5.35. The molecular weight excluding hydrogens is 352 g/mol. The largest absolute Gasteiger partial charge is 0.508 e. The molecule has 0 bridgehead atoms. The number of unbranched alkanes of at least 4 members (excludes halogenated alkanes) is 11. The summed E-state index contributed by atoms with van der Waals surface area (Å²) in [7, 11) is 0. The first kappa shape index (κ1) is 26.1. The van der Waals surface area contributed by atoms with E-state index < -0.39 is 0 Å². The Morgan fingerprint density at radius 1 is 0.586 bits per heavy atom. The van der Waals surface area contributed by atoms with Gasteiger partial charge in [0.25, 0.3) is 0 Å². The zero-order valence-corrected chi connectivity index (χ0v) is 19.9. The molecule has 2 atom stereocenters. The Morgan fingerprint density at radius 3 is 1.62 bits per heavy atom. The Morgan fingerprint density at radius 2 is 1.03 bits per heavy atom. The third-order valence-electron chi connectivity index (χ3n) is 6.63. The highest BCUT2D eigenvalue weighted by Crippen LogP contribution is 2.40. The second kappa shape index (κ2) is 17.8. The molecule has 29 heavy (non-hydrogen) atoms. The van der Waals surface area contributed by atoms with E-state index in [1.54, 1.807) is 0 Å². The molecule has 0 saturated heterocycles. The van der Waals surface area contributed by atoms with Crippen LogP contribution in [0.15, 0.2) is 24.3 Å². The highest BCUT2D eigenvalue weighted by atomic mass is 16.3. The lowest BCUT2D eigenvalue weighted by molar-refractivity contribution is 0.315. The van der Waals surface area contributed by atoms with Crippen LogP contribution in [0.4, 0.5) is 0 Å². The molecule has 1 rings (SSSR count). The van der Waals surface area contributed by atoms with Gasteiger partial charge < -0.3 is 5.11 Å². The van der Waals surface area contributed by atoms with Crippen molar-refractivity contribution in [3.8, 4) is 5.75 Å². The van der Waals surface area contributed by atoms with Crippen LogP contribution in [0.25, 0.3) is 0 Å². The molecule has 1 aromatic carbocycles. The first-order valence-electron chi connectivity index (χ1n) is 13.0. The molecule has 0 aliphatic carbocycles. The summed E-state index contributed by atoms with van der Waals surface area (Å²) in [6, 6.07) is 8.18. The van der Waals surface area contributed by atoms with Crippen molar-refractivity contribution >= 4 is 0 Å². The van der Waals surface area contributed by atoms with Crippen molar-refractivity contribution in [3.05, 3.63) is 29.8 Å². The van der Waals surface area contributed by atoms with Crippen molar-refractivity contribution in [2.75, 3.05) is 0 Å². The summed E-state index contributed by atoms with van der Waals surface area (Å²) in [5, 5.41) is 10.6. The molecule has 1 heteroatoms. The van der Waals surface area contributed by atoms with E-state index >= 15 is 0 Å². The average molecular weight is 403 g/mol. The molecule has 0 radical (unpaired) electrons. The van der Waals surface area contributed by atoms with Gasteiger partial charge in [0.1, 0.15) is 5.75 Å². The average Bonchev–Trinajstić information content (AvgIpc) is 2.73. The Bertz CT molecular complexity index is 481. The summed E-state index contributed by atoms with van der Waals surface area (Å²) < 4.78 is 0. The Labute approximate surface area is 182 Å². The van der Waals surface area contributed by atoms with Crippen molar-refractivity contribution in [1.29, 1.82) is 0 Å². The molecule has 1 nitrogen and oxygen atoms in total. The van der Waals surface area contributed by atoms with Crippen molar-refractivity contribution in [2.24, 2.45) is 5.92 Å². The lowest BCUT2D eigenvalue weighted by Gasteiger charge is -2.29. The van der Waals surface area contributed by atoms with Gasteiger partial charge in [0.05, 0.1) is 0 Å². The minimum absolute atomic E-state index is 0.523. The molecule has 0 fully saturated rings. The van der Waals surface area contributed by atoms with Crippen LogP contribution in [0.1, 0.15) is 141 Å². The zero-order chi connectivity index (χ0) is 21.2. The number of para-hydroxylation sites is 1. The van der Waals surface area contributed by atoms with E-state index in [4.69, 9.17) is 0 Å². The monoisotopic (exact) mass is 402 g/mol. The lowest BCUT2D eigenvalue weighted by Crippen LogP contribution is -2.14. The van der Waals surface area contributed by atoms with Crippen LogP contribution in [-0.2, 0) is 0 Å². The normalized spacial score (nSPS) is 13.5. The molecule has 1 N–H and O–H groups in total. The maximum Gasteiger partial charge on any atom is 0.119 e. The maximum absolute atomic E-state index is 10.6. The number of hydrogen-bond acceptors (Lipinski definition) is 1. The zero-order valence-electron chi connectivity index (χ0n) is 19.9. The summed E-state index contributed by atoms with van der Waals surface area (Å²) in [5.41, 5.74) is 1.22. The molecule has 2 unspecified atom stereocenters. The fourth-order valence-corrected chi connectivity index (χ4v) is 4.80. The highest BCUT2D eigenvalue weighted by Gasteiger charge is 2.24. The van der Waals surface area contributed by atoms with E-state index in [9.17, 15) is 5.11 Å². The quantitative estimate of drug-likeness (QED) is 0.228. The Balaban J connectivity index is 2.76. The fraction of sp³-hybridized carbons (Fsp3) is 0.786. The second-order valence-electron chi connectivity index (χ2n) is 9.18. The smallest absolute Gasteiger partial charge is 0.119 e. The molecular formula is C28H50O. The van der Waals surface area contributed by atoms with Gasteiger partial charge in [-0.25, -0.2) is 0 Å². The van der Waals surface area contributed by atoms with Crippen LogP contribution < -0.4 is 0 Å². The van der Waals surface area contributed by atoms with Crippen LogP contribution in [0.3, 0.4) is 0 Å². The summed E-state index contributed by atoms with van der Waals surface area (Å²) >= 11 is 0. The van der Waals surface area contributed by atoms with Crippen LogP contribution in [-0.4, -0.2) is 5.11 Å². The van der Waals surface area contributed by atoms with Gasteiger partial charge in [-0.15, -0.1) is 0 Å². The van der Waals surface area contributed by atoms with Crippen molar-refractivity contribution in [2.45, 2.75) is 136 Å². The first-order valence-corrected chi connectivity index (χ1v) is 13.0. The van der Waals surface area contributed by atoms with E-state index in [-0.39, 0.29) is 0 Å². The van der Waals surface area contributed by atoms with Gasteiger partial charge in [0.15, 0.2) is 0 Å². The number of rotatable bonds is 19. The second-order valence-corrected chi connectivity index (χ2v) is 9.18. The topological polar surface area (TPSA) is 20.2 Å². The van der Waals surface area contributed by atoms with Crippen LogP contribution in [0.2, 0.25) is 0 Å². The molecule has 0 heterocycles. The van der Waals surface area contributed by atoms with Crippen LogP contribution in [0.5, 0.6) is 5.75 Å². The third-order valence-corrected chi connectivity index (χ3v) is 6.63. The molecule has 0 amide bonds. The van der Waals surface area contributed by atoms with E-state index in [1.807, 2.05) is 12.1 Å². The van der Waals surface area contributed by atoms with E-state index in [0.29, 0.717) is 11.7 Å². The molecule has 0 spiro atoms. The standard InChI is InChI=1S/C28H50O/c1-4-7-10-12-14-17-22-26(27-23-18-19-24-28(27)29)25(20-15-9-6-3)21-16-13-11-8-5-2/h18-19,23-26,29H,4-17,20-22H2,1-3H3. The minimum atomic E-state index is 0.523. The van der Waals surface area contributed by atoms with Gasteiger partial charge in [-0.1, -0.05) is 129 Å². The van der Waals surface area contributed by atoms with Gasteiger partial charge in [-0.2, -0.15) is 0 Å². The number of hydrogen-bond donors (Lipinski definition) is 1. The lowest BCUT2D eigenvalue weighted by atomic mass is 9.76. The van der Waals surface area contributed by atoms with Crippen LogP contribution in [0, 0.1) is 5.92 Å². The fourth-order valence-electron chi connectivity index (χ4n) is 4.80. The van der Waals surface area contributed by atoms with E-state index in [0.717, 1.165) is 5.92 Å². The van der Waals surface area contributed by atoms with Gasteiger partial charge >= 0.3 is 0 Å². The van der Waals surface area contributed by atoms with E-state index in [2.05, 4.69) is 32.9 Å². The molecule has 168 valence electrons. The predicted molar refractivity (Wildman–Crippen MR) is 130 cm³/mol. The Hall–Kier alpha value is -0.980. The summed E-state index contributed by atoms with van der Waals surface area (Å²) in [6.45, 7) is 6.88. The van der Waals surface area contributed by atoms with Gasteiger partial charge in [-0.3, -0.25) is 0 Å². The molecule has 0 saturated carbocycles. The number of benzene rings is 1. The SMILES string of the molecule is CCCCCCCCC(c1ccccc1O)C(CCCCC)CCCCCCC. The van der Waals surface area contributed by atoms with Crippen LogP contribution >= 0.6 is 0 Å². The van der Waals surface area contributed by atoms with Crippen molar-refractivity contribution in [1.82, 2.24) is 0 Å². The summed E-state index contributed by atoms with van der Waals surface area (Å²) in [5.74, 6) is 1.78. The number of phenols is 1. The first-order chi connectivity index (χ1) is 14.2. The van der Waals surface area contributed by atoms with Crippen molar-refractivity contribution in [3.63, 3.8) is 0 Å². The van der Waals surface area contributed by atoms with Gasteiger partial charge in [0, 0.05) is 0 Å². The third kappa shape index (κ3) is 11.7. The number of aromatic hydroxyl groups is 1.